The number of ether oxygens (including phenoxy) is 1. The molecule has 7 atom stereocenters. The van der Waals surface area contributed by atoms with Crippen LogP contribution in [0.5, 0.6) is 0 Å². The summed E-state index contributed by atoms with van der Waals surface area (Å²) in [6.45, 7) is 11.9. The van der Waals surface area contributed by atoms with Crippen LogP contribution in [-0.2, 0) is 4.74 Å². The molecule has 1 aromatic heterocycles. The van der Waals surface area contributed by atoms with Gasteiger partial charge in [0, 0.05) is 11.6 Å². The second-order valence-corrected chi connectivity index (χ2v) is 13.4. The minimum Gasteiger partial charge on any atom is -0.373 e. The third kappa shape index (κ3) is 3.56. The van der Waals surface area contributed by atoms with Crippen LogP contribution in [0, 0.1) is 34.5 Å². The molecule has 182 valence electrons. The van der Waals surface area contributed by atoms with Gasteiger partial charge in [0.05, 0.1) is 17.2 Å². The van der Waals surface area contributed by atoms with Crippen molar-refractivity contribution >= 4 is 16.5 Å². The highest BCUT2D eigenvalue weighted by Gasteiger charge is 2.58. The lowest BCUT2D eigenvalue weighted by Crippen LogP contribution is -2.54. The second-order valence-electron chi connectivity index (χ2n) is 13.4. The summed E-state index contributed by atoms with van der Waals surface area (Å²) in [5.74, 6) is 3.40. The van der Waals surface area contributed by atoms with Gasteiger partial charge >= 0.3 is 0 Å². The fraction of sp³-hybridized carbons (Fsp3) is 0.677. The van der Waals surface area contributed by atoms with E-state index < -0.39 is 0 Å². The summed E-state index contributed by atoms with van der Waals surface area (Å²) in [7, 11) is 0. The molecule has 6 rings (SSSR count). The molecule has 0 aliphatic heterocycles. The molecule has 4 aliphatic rings. The zero-order chi connectivity index (χ0) is 23.7. The molecule has 3 heteroatoms. The largest absolute Gasteiger partial charge is 0.373 e. The van der Waals surface area contributed by atoms with Gasteiger partial charge in [-0.15, -0.1) is 0 Å². The van der Waals surface area contributed by atoms with Gasteiger partial charge in [0.1, 0.15) is 6.33 Å². The molecule has 0 amide bonds. The minimum atomic E-state index is -0.0247. The van der Waals surface area contributed by atoms with Gasteiger partial charge in [-0.05, 0) is 130 Å². The maximum Gasteiger partial charge on any atom is 0.116 e. The molecule has 34 heavy (non-hydrogen) atoms. The van der Waals surface area contributed by atoms with E-state index in [2.05, 4.69) is 68.9 Å². The van der Waals surface area contributed by atoms with Gasteiger partial charge in [-0.1, -0.05) is 26.0 Å². The molecule has 0 saturated heterocycles. The van der Waals surface area contributed by atoms with Crippen LogP contribution in [0.1, 0.15) is 91.5 Å². The Morgan fingerprint density at radius 3 is 2.68 bits per heavy atom. The predicted molar refractivity (Wildman–Crippen MR) is 139 cm³/mol. The third-order valence-corrected chi connectivity index (χ3v) is 10.5. The molecule has 4 aliphatic carbocycles. The van der Waals surface area contributed by atoms with E-state index in [9.17, 15) is 0 Å². The van der Waals surface area contributed by atoms with Crippen molar-refractivity contribution in [3.63, 3.8) is 0 Å². The van der Waals surface area contributed by atoms with Gasteiger partial charge < -0.3 is 4.74 Å². The minimum absolute atomic E-state index is 0.0247. The summed E-state index contributed by atoms with van der Waals surface area (Å²) >= 11 is 0. The Morgan fingerprint density at radius 1 is 1.00 bits per heavy atom. The standard InChI is InChI=1S/C31H42N2O/c1-29(2,3)34-23-12-14-30(4)22(17-23)7-8-24-26-10-9-25(31(26,5)15-13-27(24)30)20-6-11-28-21(16-20)18-32-19-33-28/h6,9,11,16,18-19,22-24,26-27H,7-8,10,12-15,17H2,1-5H3/t22-,23-,24-,26-,27-,30-,31+/m0/s1. The van der Waals surface area contributed by atoms with Crippen molar-refractivity contribution in [2.75, 3.05) is 0 Å². The molecule has 0 radical (unpaired) electrons. The van der Waals surface area contributed by atoms with Gasteiger partial charge in [0.15, 0.2) is 0 Å². The van der Waals surface area contributed by atoms with E-state index >= 15 is 0 Å². The smallest absolute Gasteiger partial charge is 0.116 e. The molecule has 0 spiro atoms. The lowest BCUT2D eigenvalue weighted by Gasteiger charge is -2.61. The SMILES string of the molecule is CC(C)(C)O[C@H]1CC[C@@]2(C)[C@@H](CC[C@@H]3[C@@H]2CC[C@]2(C)C(c4ccc5ncncc5c4)=CC[C@@H]32)C1. The first-order valence-corrected chi connectivity index (χ1v) is 13.8. The van der Waals surface area contributed by atoms with E-state index in [1.54, 1.807) is 11.9 Å². The summed E-state index contributed by atoms with van der Waals surface area (Å²) in [6, 6.07) is 6.81. The van der Waals surface area contributed by atoms with Crippen LogP contribution in [0.4, 0.5) is 0 Å². The van der Waals surface area contributed by atoms with Crippen molar-refractivity contribution in [2.24, 2.45) is 34.5 Å². The number of aromatic nitrogens is 2. The summed E-state index contributed by atoms with van der Waals surface area (Å²) in [6.07, 6.45) is 17.3. The maximum absolute atomic E-state index is 6.47. The molecule has 2 aromatic rings. The first kappa shape index (κ1) is 22.7. The van der Waals surface area contributed by atoms with Gasteiger partial charge in [0.25, 0.3) is 0 Å². The molecule has 0 unspecified atom stereocenters. The average molecular weight is 459 g/mol. The zero-order valence-corrected chi connectivity index (χ0v) is 21.8. The van der Waals surface area contributed by atoms with Crippen LogP contribution in [-0.4, -0.2) is 21.7 Å². The van der Waals surface area contributed by atoms with Gasteiger partial charge in [0.2, 0.25) is 0 Å². The van der Waals surface area contributed by atoms with Crippen molar-refractivity contribution in [1.29, 1.82) is 0 Å². The number of benzene rings is 1. The highest BCUT2D eigenvalue weighted by atomic mass is 16.5. The van der Waals surface area contributed by atoms with Crippen LogP contribution in [0.15, 0.2) is 36.8 Å². The Bertz CT molecular complexity index is 1120. The first-order valence-electron chi connectivity index (χ1n) is 13.8. The highest BCUT2D eigenvalue weighted by molar-refractivity contribution is 5.84. The lowest BCUT2D eigenvalue weighted by atomic mass is 9.44. The van der Waals surface area contributed by atoms with E-state index in [4.69, 9.17) is 4.74 Å². The van der Waals surface area contributed by atoms with Crippen molar-refractivity contribution in [1.82, 2.24) is 9.97 Å². The summed E-state index contributed by atoms with van der Waals surface area (Å²) in [5.41, 5.74) is 4.82. The van der Waals surface area contributed by atoms with Crippen molar-refractivity contribution in [3.05, 3.63) is 42.4 Å². The quantitative estimate of drug-likeness (QED) is 0.459. The second kappa shape index (κ2) is 7.88. The van der Waals surface area contributed by atoms with Crippen molar-refractivity contribution in [3.8, 4) is 0 Å². The van der Waals surface area contributed by atoms with Crippen LogP contribution in [0.2, 0.25) is 0 Å². The van der Waals surface area contributed by atoms with Crippen LogP contribution < -0.4 is 0 Å². The third-order valence-electron chi connectivity index (χ3n) is 10.5. The number of fused-ring (bicyclic) bond motifs is 6. The van der Waals surface area contributed by atoms with Crippen LogP contribution in [0.25, 0.3) is 16.5 Å². The van der Waals surface area contributed by atoms with Gasteiger partial charge in [-0.3, -0.25) is 0 Å². The number of hydrogen-bond acceptors (Lipinski definition) is 3. The molecular formula is C31H42N2O. The van der Waals surface area contributed by atoms with E-state index in [1.807, 2.05) is 6.20 Å². The lowest BCUT2D eigenvalue weighted by molar-refractivity contribution is -0.148. The Kier molecular flexibility index (Phi) is 5.26. The molecular weight excluding hydrogens is 416 g/mol. The molecule has 0 N–H and O–H groups in total. The first-order chi connectivity index (χ1) is 16.2. The molecule has 0 bridgehead atoms. The maximum atomic E-state index is 6.47. The molecule has 3 fully saturated rings. The molecule has 3 nitrogen and oxygen atoms in total. The molecule has 1 heterocycles. The number of allylic oxidation sites excluding steroid dienone is 2. The average Bonchev–Trinajstić information content (AvgIpc) is 3.15. The van der Waals surface area contributed by atoms with Crippen molar-refractivity contribution < 1.29 is 4.74 Å². The number of hydrogen-bond donors (Lipinski definition) is 0. The van der Waals surface area contributed by atoms with E-state index in [1.165, 1.54) is 56.9 Å². The Hall–Kier alpha value is -1.74. The molecule has 1 aromatic carbocycles. The fourth-order valence-corrected chi connectivity index (χ4v) is 8.99. The Morgan fingerprint density at radius 2 is 1.85 bits per heavy atom. The van der Waals surface area contributed by atoms with Gasteiger partial charge in [-0.25, -0.2) is 9.97 Å². The summed E-state index contributed by atoms with van der Waals surface area (Å²) < 4.78 is 6.47. The van der Waals surface area contributed by atoms with E-state index in [0.717, 1.165) is 34.6 Å². The normalized spacial score (nSPS) is 39.8. The predicted octanol–water partition coefficient (Wildman–Crippen LogP) is 7.85. The monoisotopic (exact) mass is 458 g/mol. The highest BCUT2D eigenvalue weighted by Crippen LogP contribution is 2.67. The Labute approximate surface area is 205 Å². The van der Waals surface area contributed by atoms with E-state index in [-0.39, 0.29) is 5.60 Å². The summed E-state index contributed by atoms with van der Waals surface area (Å²) in [5, 5.41) is 1.16. The Balaban J connectivity index is 1.23. The fourth-order valence-electron chi connectivity index (χ4n) is 8.99. The van der Waals surface area contributed by atoms with Crippen LogP contribution in [0.3, 0.4) is 0 Å². The number of nitrogens with zero attached hydrogens (tertiary/aromatic N) is 2. The van der Waals surface area contributed by atoms with Crippen LogP contribution >= 0.6 is 0 Å². The topological polar surface area (TPSA) is 35.0 Å². The zero-order valence-electron chi connectivity index (χ0n) is 21.8. The number of rotatable bonds is 2. The molecule has 3 saturated carbocycles. The van der Waals surface area contributed by atoms with Crippen molar-refractivity contribution in [2.45, 2.75) is 97.7 Å². The van der Waals surface area contributed by atoms with Gasteiger partial charge in [-0.2, -0.15) is 0 Å². The summed E-state index contributed by atoms with van der Waals surface area (Å²) in [4.78, 5) is 8.70. The van der Waals surface area contributed by atoms with E-state index in [0.29, 0.717) is 16.9 Å².